The molecule has 0 fully saturated rings. The predicted octanol–water partition coefficient (Wildman–Crippen LogP) is 0.717. The Bertz CT molecular complexity index is 757. The fraction of sp³-hybridized carbons (Fsp3) is 0.182. The maximum absolute atomic E-state index is 12.1. The van der Waals surface area contributed by atoms with E-state index in [0.717, 1.165) is 5.69 Å². The minimum absolute atomic E-state index is 0.283. The number of hydrogen-bond acceptors (Lipinski definition) is 5. The van der Waals surface area contributed by atoms with Gasteiger partial charge < -0.3 is 5.32 Å². The van der Waals surface area contributed by atoms with Gasteiger partial charge in [0.25, 0.3) is 11.7 Å². The summed E-state index contributed by atoms with van der Waals surface area (Å²) in [6, 6.07) is 1.74. The topological polar surface area (TPSA) is 101 Å². The normalized spacial score (nSPS) is 10.8. The number of fused-ring (bicyclic) bond motifs is 1. The second kappa shape index (κ2) is 4.16. The lowest BCUT2D eigenvalue weighted by Gasteiger charge is -2.05. The first-order valence-electron chi connectivity index (χ1n) is 5.64. The summed E-state index contributed by atoms with van der Waals surface area (Å²) >= 11 is 0. The first-order chi connectivity index (χ1) is 9.15. The maximum Gasteiger partial charge on any atom is 0.260 e. The molecule has 3 heterocycles. The standard InChI is InChI=1S/C11H11N7O/c1-6-3-9(17-16-6)15-10(19)8-4-12-11-13-5-14-18(11)7(8)2/h3-5H,1-2H3,(H2,15,16,17,19). The highest BCUT2D eigenvalue weighted by atomic mass is 16.1. The number of aromatic nitrogens is 6. The zero-order valence-electron chi connectivity index (χ0n) is 10.4. The van der Waals surface area contributed by atoms with Crippen LogP contribution in [0.25, 0.3) is 5.78 Å². The first kappa shape index (κ1) is 11.3. The third kappa shape index (κ3) is 1.92. The summed E-state index contributed by atoms with van der Waals surface area (Å²) in [7, 11) is 0. The van der Waals surface area contributed by atoms with Crippen molar-refractivity contribution in [3.63, 3.8) is 0 Å². The van der Waals surface area contributed by atoms with Crippen LogP contribution in [0.4, 0.5) is 5.82 Å². The molecule has 0 unspecified atom stereocenters. The number of aryl methyl sites for hydroxylation is 2. The minimum atomic E-state index is -0.283. The zero-order chi connectivity index (χ0) is 13.4. The average Bonchev–Trinajstić information content (AvgIpc) is 2.99. The highest BCUT2D eigenvalue weighted by Crippen LogP contribution is 2.11. The SMILES string of the molecule is Cc1cc(NC(=O)c2cnc3ncnn3c2C)n[nH]1. The van der Waals surface area contributed by atoms with E-state index in [1.807, 2.05) is 6.92 Å². The van der Waals surface area contributed by atoms with E-state index in [1.165, 1.54) is 17.0 Å². The molecule has 3 aromatic heterocycles. The van der Waals surface area contributed by atoms with Crippen LogP contribution < -0.4 is 5.32 Å². The molecule has 8 nitrogen and oxygen atoms in total. The Kier molecular flexibility index (Phi) is 2.48. The second-order valence-electron chi connectivity index (χ2n) is 4.12. The summed E-state index contributed by atoms with van der Waals surface area (Å²) < 4.78 is 1.52. The molecule has 0 aliphatic heterocycles. The molecule has 0 aliphatic carbocycles. The van der Waals surface area contributed by atoms with Crippen molar-refractivity contribution in [1.82, 2.24) is 29.8 Å². The lowest BCUT2D eigenvalue weighted by molar-refractivity contribution is 0.102. The van der Waals surface area contributed by atoms with Gasteiger partial charge >= 0.3 is 0 Å². The summed E-state index contributed by atoms with van der Waals surface area (Å²) in [5.74, 6) is 0.652. The lowest BCUT2D eigenvalue weighted by atomic mass is 10.2. The van der Waals surface area contributed by atoms with Gasteiger partial charge in [-0.25, -0.2) is 9.50 Å². The molecular formula is C11H11N7O. The molecule has 8 heteroatoms. The summed E-state index contributed by atoms with van der Waals surface area (Å²) in [6.45, 7) is 3.64. The van der Waals surface area contributed by atoms with Gasteiger partial charge in [0.15, 0.2) is 5.82 Å². The molecule has 0 saturated heterocycles. The zero-order valence-corrected chi connectivity index (χ0v) is 10.4. The van der Waals surface area contributed by atoms with Gasteiger partial charge in [0.1, 0.15) is 6.33 Å². The highest BCUT2D eigenvalue weighted by molar-refractivity contribution is 6.04. The molecule has 0 atom stereocenters. The molecular weight excluding hydrogens is 246 g/mol. The van der Waals surface area contributed by atoms with E-state index >= 15 is 0 Å². The van der Waals surface area contributed by atoms with E-state index in [2.05, 4.69) is 30.6 Å². The van der Waals surface area contributed by atoms with Crippen molar-refractivity contribution in [1.29, 1.82) is 0 Å². The summed E-state index contributed by atoms with van der Waals surface area (Å²) in [6.07, 6.45) is 2.88. The number of hydrogen-bond donors (Lipinski definition) is 2. The van der Waals surface area contributed by atoms with Crippen LogP contribution in [0.5, 0.6) is 0 Å². The highest BCUT2D eigenvalue weighted by Gasteiger charge is 2.14. The molecule has 0 spiro atoms. The smallest absolute Gasteiger partial charge is 0.260 e. The summed E-state index contributed by atoms with van der Waals surface area (Å²) in [5.41, 5.74) is 1.97. The van der Waals surface area contributed by atoms with E-state index in [4.69, 9.17) is 0 Å². The van der Waals surface area contributed by atoms with Crippen molar-refractivity contribution in [3.05, 3.63) is 35.5 Å². The summed E-state index contributed by atoms with van der Waals surface area (Å²) in [4.78, 5) is 20.2. The lowest BCUT2D eigenvalue weighted by Crippen LogP contribution is -2.16. The van der Waals surface area contributed by atoms with Gasteiger partial charge in [0.2, 0.25) is 0 Å². The number of aromatic amines is 1. The first-order valence-corrected chi connectivity index (χ1v) is 5.64. The van der Waals surface area contributed by atoms with Crippen LogP contribution in [0, 0.1) is 13.8 Å². The molecule has 1 amide bonds. The van der Waals surface area contributed by atoms with Gasteiger partial charge in [-0.2, -0.15) is 15.2 Å². The molecule has 0 saturated carbocycles. The van der Waals surface area contributed by atoms with Gasteiger partial charge in [-0.05, 0) is 13.8 Å². The predicted molar refractivity (Wildman–Crippen MR) is 66.8 cm³/mol. The van der Waals surface area contributed by atoms with Gasteiger partial charge in [-0.15, -0.1) is 0 Å². The van der Waals surface area contributed by atoms with Crippen LogP contribution in [-0.4, -0.2) is 35.7 Å². The fourth-order valence-electron chi connectivity index (χ4n) is 1.78. The van der Waals surface area contributed by atoms with Crippen molar-refractivity contribution >= 4 is 17.5 Å². The van der Waals surface area contributed by atoms with E-state index < -0.39 is 0 Å². The number of carbonyl (C=O) groups excluding carboxylic acids is 1. The molecule has 19 heavy (non-hydrogen) atoms. The van der Waals surface area contributed by atoms with Crippen molar-refractivity contribution in [2.75, 3.05) is 5.32 Å². The largest absolute Gasteiger partial charge is 0.305 e. The van der Waals surface area contributed by atoms with Gasteiger partial charge in [0.05, 0.1) is 11.3 Å². The quantitative estimate of drug-likeness (QED) is 0.704. The van der Waals surface area contributed by atoms with Crippen LogP contribution in [0.2, 0.25) is 0 Å². The van der Waals surface area contributed by atoms with Crippen LogP contribution in [0.3, 0.4) is 0 Å². The number of nitrogens with zero attached hydrogens (tertiary/aromatic N) is 5. The van der Waals surface area contributed by atoms with Crippen LogP contribution >= 0.6 is 0 Å². The van der Waals surface area contributed by atoms with Crippen LogP contribution in [0.15, 0.2) is 18.6 Å². The average molecular weight is 257 g/mol. The van der Waals surface area contributed by atoms with Gasteiger partial charge in [-0.3, -0.25) is 9.89 Å². The Labute approximate surface area is 107 Å². The van der Waals surface area contributed by atoms with Crippen molar-refractivity contribution < 1.29 is 4.79 Å². The van der Waals surface area contributed by atoms with Crippen molar-refractivity contribution in [2.24, 2.45) is 0 Å². The van der Waals surface area contributed by atoms with E-state index in [0.29, 0.717) is 22.9 Å². The molecule has 2 N–H and O–H groups in total. The number of nitrogens with one attached hydrogen (secondary N) is 2. The Morgan fingerprint density at radius 1 is 1.37 bits per heavy atom. The molecule has 0 aliphatic rings. The molecule has 96 valence electrons. The third-order valence-corrected chi connectivity index (χ3v) is 2.74. The Morgan fingerprint density at radius 3 is 2.95 bits per heavy atom. The number of anilines is 1. The molecule has 0 aromatic carbocycles. The third-order valence-electron chi connectivity index (χ3n) is 2.74. The van der Waals surface area contributed by atoms with E-state index in [1.54, 1.807) is 13.0 Å². The number of amides is 1. The molecule has 3 rings (SSSR count). The van der Waals surface area contributed by atoms with Crippen molar-refractivity contribution in [2.45, 2.75) is 13.8 Å². The van der Waals surface area contributed by atoms with Gasteiger partial charge in [-0.1, -0.05) is 0 Å². The van der Waals surface area contributed by atoms with Crippen LogP contribution in [-0.2, 0) is 0 Å². The Balaban J connectivity index is 1.95. The van der Waals surface area contributed by atoms with E-state index in [-0.39, 0.29) is 5.91 Å². The van der Waals surface area contributed by atoms with Crippen molar-refractivity contribution in [3.8, 4) is 0 Å². The number of rotatable bonds is 2. The second-order valence-corrected chi connectivity index (χ2v) is 4.12. The van der Waals surface area contributed by atoms with Gasteiger partial charge in [0, 0.05) is 18.0 Å². The number of carbonyl (C=O) groups is 1. The van der Waals surface area contributed by atoms with Crippen LogP contribution in [0.1, 0.15) is 21.7 Å². The molecule has 0 bridgehead atoms. The number of H-pyrrole nitrogens is 1. The minimum Gasteiger partial charge on any atom is -0.305 e. The van der Waals surface area contributed by atoms with E-state index in [9.17, 15) is 4.79 Å². The maximum atomic E-state index is 12.1. The molecule has 0 radical (unpaired) electrons. The fourth-order valence-corrected chi connectivity index (χ4v) is 1.78. The monoisotopic (exact) mass is 257 g/mol. The molecule has 3 aromatic rings. The Hall–Kier alpha value is -2.77. The summed E-state index contributed by atoms with van der Waals surface area (Å²) in [5, 5.41) is 13.4. The Morgan fingerprint density at radius 2 is 2.21 bits per heavy atom.